The number of aliphatic carboxylic acids is 1. The third-order valence-electron chi connectivity index (χ3n) is 3.08. The number of carboxylic acid groups (broad SMARTS) is 1. The quantitative estimate of drug-likeness (QED) is 0.671. The van der Waals surface area contributed by atoms with Crippen LogP contribution in [0.1, 0.15) is 33.1 Å². The lowest BCUT2D eigenvalue weighted by molar-refractivity contribution is -0.144. The van der Waals surface area contributed by atoms with E-state index in [2.05, 4.69) is 0 Å². The molecule has 0 unspecified atom stereocenters. The van der Waals surface area contributed by atoms with Crippen LogP contribution in [-0.4, -0.2) is 65.2 Å². The molecule has 1 rings (SSSR count). The summed E-state index contributed by atoms with van der Waals surface area (Å²) < 4.78 is 4.83. The lowest BCUT2D eigenvalue weighted by Gasteiger charge is -2.29. The van der Waals surface area contributed by atoms with E-state index in [0.717, 1.165) is 12.8 Å². The summed E-state index contributed by atoms with van der Waals surface area (Å²) in [5.41, 5.74) is 0. The van der Waals surface area contributed by atoms with Crippen molar-refractivity contribution in [2.75, 3.05) is 26.2 Å². The second-order valence-corrected chi connectivity index (χ2v) is 4.67. The summed E-state index contributed by atoms with van der Waals surface area (Å²) in [6, 6.07) is -0.178. The Bertz CT molecular complexity index is 368. The Morgan fingerprint density at radius 2 is 1.90 bits per heavy atom. The molecule has 0 bridgehead atoms. The van der Waals surface area contributed by atoms with E-state index in [4.69, 9.17) is 9.84 Å². The second kappa shape index (κ2) is 7.72. The molecule has 1 N–H and O–H groups in total. The van der Waals surface area contributed by atoms with Gasteiger partial charge in [0.15, 0.2) is 0 Å². The van der Waals surface area contributed by atoms with Gasteiger partial charge in [-0.05, 0) is 26.7 Å². The van der Waals surface area contributed by atoms with Crippen LogP contribution in [0.3, 0.4) is 0 Å². The lowest BCUT2D eigenvalue weighted by Crippen LogP contribution is -2.47. The first-order chi connectivity index (χ1) is 9.49. The highest BCUT2D eigenvalue weighted by molar-refractivity contribution is 5.81. The Kier molecular flexibility index (Phi) is 6.27. The Balaban J connectivity index is 2.60. The van der Waals surface area contributed by atoms with Crippen LogP contribution in [0.4, 0.5) is 4.79 Å². The maximum absolute atomic E-state index is 12.4. The summed E-state index contributed by atoms with van der Waals surface area (Å²) in [5, 5.41) is 8.73. The summed E-state index contributed by atoms with van der Waals surface area (Å²) in [6.07, 6.45) is 1.70. The zero-order chi connectivity index (χ0) is 15.1. The number of carbonyl (C=O) groups excluding carboxylic acids is 2. The monoisotopic (exact) mass is 286 g/mol. The molecule has 0 atom stereocenters. The molecule has 0 aliphatic heterocycles. The molecule has 0 saturated heterocycles. The van der Waals surface area contributed by atoms with Gasteiger partial charge in [-0.3, -0.25) is 9.59 Å². The van der Waals surface area contributed by atoms with E-state index >= 15 is 0 Å². The van der Waals surface area contributed by atoms with Gasteiger partial charge in [-0.15, -0.1) is 0 Å². The van der Waals surface area contributed by atoms with Crippen molar-refractivity contribution in [2.45, 2.75) is 39.2 Å². The molecular weight excluding hydrogens is 264 g/mol. The summed E-state index contributed by atoms with van der Waals surface area (Å²) in [7, 11) is 0. The number of rotatable bonds is 8. The lowest BCUT2D eigenvalue weighted by atomic mass is 10.3. The van der Waals surface area contributed by atoms with Crippen LogP contribution in [0.5, 0.6) is 0 Å². The van der Waals surface area contributed by atoms with Crippen molar-refractivity contribution in [3.63, 3.8) is 0 Å². The fourth-order valence-electron chi connectivity index (χ4n) is 1.90. The number of carboxylic acids is 1. The molecule has 1 saturated carbocycles. The summed E-state index contributed by atoms with van der Waals surface area (Å²) in [5.74, 6) is -1.38. The molecule has 1 aliphatic carbocycles. The number of nitrogens with zero attached hydrogens (tertiary/aromatic N) is 2. The highest BCUT2D eigenvalue weighted by atomic mass is 16.5. The predicted octanol–water partition coefficient (Wildman–Crippen LogP) is 0.931. The van der Waals surface area contributed by atoms with E-state index < -0.39 is 11.9 Å². The topological polar surface area (TPSA) is 87.2 Å². The van der Waals surface area contributed by atoms with Gasteiger partial charge in [-0.1, -0.05) is 0 Å². The number of urea groups is 1. The van der Waals surface area contributed by atoms with Crippen LogP contribution >= 0.6 is 0 Å². The van der Waals surface area contributed by atoms with E-state index in [1.807, 2.05) is 0 Å². The molecule has 0 spiro atoms. The normalized spacial score (nSPS) is 13.7. The van der Waals surface area contributed by atoms with Gasteiger partial charge in [0, 0.05) is 19.1 Å². The van der Waals surface area contributed by atoms with Gasteiger partial charge >= 0.3 is 18.0 Å². The molecule has 0 aromatic rings. The zero-order valence-corrected chi connectivity index (χ0v) is 12.0. The Morgan fingerprint density at radius 3 is 2.35 bits per heavy atom. The van der Waals surface area contributed by atoms with Crippen molar-refractivity contribution in [2.24, 2.45) is 0 Å². The molecular formula is C13H22N2O5. The van der Waals surface area contributed by atoms with Crippen LogP contribution in [0.25, 0.3) is 0 Å². The highest BCUT2D eigenvalue weighted by Gasteiger charge is 2.35. The molecule has 20 heavy (non-hydrogen) atoms. The van der Waals surface area contributed by atoms with Crippen LogP contribution in [0.2, 0.25) is 0 Å². The summed E-state index contributed by atoms with van der Waals surface area (Å²) in [4.78, 5) is 37.4. The van der Waals surface area contributed by atoms with Gasteiger partial charge in [0.05, 0.1) is 13.0 Å². The van der Waals surface area contributed by atoms with Crippen molar-refractivity contribution < 1.29 is 24.2 Å². The maximum atomic E-state index is 12.4. The largest absolute Gasteiger partial charge is 0.481 e. The molecule has 0 aromatic carbocycles. The van der Waals surface area contributed by atoms with Crippen molar-refractivity contribution in [1.29, 1.82) is 0 Å². The first-order valence-electron chi connectivity index (χ1n) is 6.92. The number of amides is 2. The van der Waals surface area contributed by atoms with Gasteiger partial charge in [-0.2, -0.15) is 0 Å². The smallest absolute Gasteiger partial charge is 0.325 e. The minimum Gasteiger partial charge on any atom is -0.481 e. The van der Waals surface area contributed by atoms with Gasteiger partial charge in [0.2, 0.25) is 0 Å². The van der Waals surface area contributed by atoms with Gasteiger partial charge in [0.1, 0.15) is 6.54 Å². The number of hydrogen-bond donors (Lipinski definition) is 1. The molecule has 0 radical (unpaired) electrons. The first kappa shape index (κ1) is 16.3. The molecule has 7 heteroatoms. The Morgan fingerprint density at radius 1 is 1.25 bits per heavy atom. The maximum Gasteiger partial charge on any atom is 0.325 e. The van der Waals surface area contributed by atoms with Crippen molar-refractivity contribution in [1.82, 2.24) is 9.80 Å². The fourth-order valence-corrected chi connectivity index (χ4v) is 1.90. The molecule has 1 fully saturated rings. The molecule has 2 amide bonds. The van der Waals surface area contributed by atoms with E-state index in [1.165, 1.54) is 4.90 Å². The standard InChI is InChI=1S/C13H22N2O5/c1-3-14(9-12(18)20-4-2)13(19)15(10-5-6-10)8-7-11(16)17/h10H,3-9H2,1-2H3,(H,16,17). The summed E-state index contributed by atoms with van der Waals surface area (Å²) in [6.45, 7) is 4.22. The predicted molar refractivity (Wildman–Crippen MR) is 71.3 cm³/mol. The molecule has 0 heterocycles. The van der Waals surface area contributed by atoms with E-state index in [-0.39, 0.29) is 38.2 Å². The van der Waals surface area contributed by atoms with Crippen LogP contribution in [0.15, 0.2) is 0 Å². The van der Waals surface area contributed by atoms with Crippen LogP contribution in [0, 0.1) is 0 Å². The minimum atomic E-state index is -0.933. The van der Waals surface area contributed by atoms with Crippen molar-refractivity contribution in [3.8, 4) is 0 Å². The van der Waals surface area contributed by atoms with Crippen molar-refractivity contribution >= 4 is 18.0 Å². The average Bonchev–Trinajstić information content (AvgIpc) is 3.20. The minimum absolute atomic E-state index is 0.0841. The molecule has 1 aliphatic rings. The number of hydrogen-bond acceptors (Lipinski definition) is 4. The third kappa shape index (κ3) is 5.07. The average molecular weight is 286 g/mol. The molecule has 7 nitrogen and oxygen atoms in total. The van der Waals surface area contributed by atoms with Gasteiger partial charge in [0.25, 0.3) is 0 Å². The summed E-state index contributed by atoms with van der Waals surface area (Å²) >= 11 is 0. The second-order valence-electron chi connectivity index (χ2n) is 4.67. The van der Waals surface area contributed by atoms with Gasteiger partial charge in [-0.25, -0.2) is 4.79 Å². The number of ether oxygens (including phenoxy) is 1. The fraction of sp³-hybridized carbons (Fsp3) is 0.769. The zero-order valence-electron chi connectivity index (χ0n) is 12.0. The number of likely N-dealkylation sites (N-methyl/N-ethyl adjacent to an activating group) is 1. The molecule has 114 valence electrons. The van der Waals surface area contributed by atoms with Crippen molar-refractivity contribution in [3.05, 3.63) is 0 Å². The molecule has 0 aromatic heterocycles. The Hall–Kier alpha value is -1.79. The number of esters is 1. The van der Waals surface area contributed by atoms with E-state index in [1.54, 1.807) is 18.7 Å². The van der Waals surface area contributed by atoms with Crippen LogP contribution < -0.4 is 0 Å². The third-order valence-corrected chi connectivity index (χ3v) is 3.08. The highest BCUT2D eigenvalue weighted by Crippen LogP contribution is 2.28. The SMILES string of the molecule is CCOC(=O)CN(CC)C(=O)N(CCC(=O)O)C1CC1. The Labute approximate surface area is 118 Å². The van der Waals surface area contributed by atoms with Crippen LogP contribution in [-0.2, 0) is 14.3 Å². The van der Waals surface area contributed by atoms with Gasteiger partial charge < -0.3 is 19.6 Å². The van der Waals surface area contributed by atoms with E-state index in [9.17, 15) is 14.4 Å². The number of carbonyl (C=O) groups is 3. The van der Waals surface area contributed by atoms with E-state index in [0.29, 0.717) is 6.54 Å². The first-order valence-corrected chi connectivity index (χ1v) is 6.92.